The molecule has 38 heavy (non-hydrogen) atoms. The van der Waals surface area contributed by atoms with Crippen LogP contribution in [0.1, 0.15) is 54.4 Å². The van der Waals surface area contributed by atoms with E-state index in [-0.39, 0.29) is 25.8 Å². The van der Waals surface area contributed by atoms with Crippen LogP contribution in [0.15, 0.2) is 60.7 Å². The largest absolute Gasteiger partial charge is 3.00 e. The minimum atomic E-state index is -0.936. The maximum atomic E-state index is 3.92. The third kappa shape index (κ3) is 10.2. The zero-order valence-electron chi connectivity index (χ0n) is 26.2. The molecule has 0 unspecified atom stereocenters. The zero-order valence-corrected chi connectivity index (χ0v) is 30.0. The van der Waals surface area contributed by atoms with Gasteiger partial charge in [-0.1, -0.05) is 107 Å². The summed E-state index contributed by atoms with van der Waals surface area (Å²) in [5.74, 6) is 0. The molecule has 0 aliphatic heterocycles. The Balaban J connectivity index is 0.000000285. The van der Waals surface area contributed by atoms with Gasteiger partial charge in [-0.2, -0.15) is 30.7 Å². The van der Waals surface area contributed by atoms with Crippen molar-refractivity contribution in [2.45, 2.75) is 104 Å². The van der Waals surface area contributed by atoms with Crippen LogP contribution in [0, 0.1) is 34.6 Å². The van der Waals surface area contributed by atoms with Crippen LogP contribution in [0.3, 0.4) is 0 Å². The second kappa shape index (κ2) is 15.7. The monoisotopic (exact) mass is 574 g/mol. The van der Waals surface area contributed by atoms with Crippen LogP contribution in [0.25, 0.3) is 21.5 Å². The molecule has 0 aliphatic carbocycles. The molecule has 0 bridgehead atoms. The maximum Gasteiger partial charge on any atom is 3.00 e. The quantitative estimate of drug-likeness (QED) is 0.117. The Kier molecular flexibility index (Phi) is 14.4. The molecular formula is C35H53ScSi2. The van der Waals surface area contributed by atoms with Gasteiger partial charge in [0.25, 0.3) is 0 Å². The molecule has 0 heterocycles. The van der Waals surface area contributed by atoms with Gasteiger partial charge in [0.2, 0.25) is 0 Å². The minimum absolute atomic E-state index is 0. The van der Waals surface area contributed by atoms with Crippen molar-refractivity contribution in [2.75, 3.05) is 0 Å². The van der Waals surface area contributed by atoms with E-state index in [9.17, 15) is 0 Å². The van der Waals surface area contributed by atoms with Crippen molar-refractivity contribution >= 4 is 37.7 Å². The Hall–Kier alpha value is -1.04. The molecule has 0 nitrogen and oxygen atoms in total. The first kappa shape index (κ1) is 35.0. The van der Waals surface area contributed by atoms with Crippen LogP contribution in [0.4, 0.5) is 0 Å². The van der Waals surface area contributed by atoms with Crippen LogP contribution in [-0.2, 0) is 25.8 Å². The molecule has 0 saturated heterocycles. The minimum Gasteiger partial charge on any atom is -0.343 e. The predicted octanol–water partition coefficient (Wildman–Crippen LogP) is 11.7. The van der Waals surface area contributed by atoms with E-state index in [0.29, 0.717) is 0 Å². The fourth-order valence-corrected chi connectivity index (χ4v) is 18.5. The van der Waals surface area contributed by atoms with Crippen molar-refractivity contribution in [3.63, 3.8) is 0 Å². The summed E-state index contributed by atoms with van der Waals surface area (Å²) in [5.41, 5.74) is 5.48. The van der Waals surface area contributed by atoms with E-state index in [1.165, 1.54) is 69.5 Å². The Morgan fingerprint density at radius 2 is 1.00 bits per heavy atom. The molecule has 0 radical (unpaired) electrons. The van der Waals surface area contributed by atoms with Crippen LogP contribution < -0.4 is 0 Å². The summed E-state index contributed by atoms with van der Waals surface area (Å²) in [4.78, 5) is 0. The van der Waals surface area contributed by atoms with Crippen molar-refractivity contribution in [1.29, 1.82) is 0 Å². The number of hydrogen-bond donors (Lipinski definition) is 0. The van der Waals surface area contributed by atoms with Gasteiger partial charge in [-0.3, -0.25) is 0 Å². The van der Waals surface area contributed by atoms with Crippen LogP contribution in [-0.4, -0.2) is 16.1 Å². The molecule has 4 aromatic rings. The summed E-state index contributed by atoms with van der Waals surface area (Å²) in [7, 11) is -1.87. The first-order valence-corrected chi connectivity index (χ1v) is 21.4. The average molecular weight is 575 g/mol. The van der Waals surface area contributed by atoms with Gasteiger partial charge in [-0.05, 0) is 13.8 Å². The van der Waals surface area contributed by atoms with Crippen LogP contribution >= 0.6 is 0 Å². The third-order valence-electron chi connectivity index (χ3n) is 7.83. The molecule has 0 atom stereocenters. The van der Waals surface area contributed by atoms with E-state index >= 15 is 0 Å². The average Bonchev–Trinajstić information content (AvgIpc) is 3.49. The molecule has 0 aliphatic rings. The number of hydrogen-bond acceptors (Lipinski definition) is 0. The van der Waals surface area contributed by atoms with Gasteiger partial charge in [0, 0.05) is 16.1 Å². The smallest absolute Gasteiger partial charge is 0.343 e. The van der Waals surface area contributed by atoms with Gasteiger partial charge in [-0.25, -0.2) is 0 Å². The summed E-state index contributed by atoms with van der Waals surface area (Å²) in [6.45, 7) is 27.9. The standard InChI is InChI=1S/C13H31Si2.2C11H11.Sc/c1-8-9-10-11-12-13(14(2,3)4)15(5,6)7;2*1-8-6-7-9(2)11-5-3-4-10(8)11;/h13H,1,8-12H2,2-7H3;2*3-7H,1-2H3;/q3*-1;+3. The van der Waals surface area contributed by atoms with Gasteiger partial charge >= 0.3 is 25.8 Å². The molecule has 0 amide bonds. The van der Waals surface area contributed by atoms with Crippen LogP contribution in [0.5, 0.6) is 0 Å². The number of fused-ring (bicyclic) bond motifs is 2. The molecule has 0 saturated carbocycles. The molecule has 4 aromatic carbocycles. The summed E-state index contributed by atoms with van der Waals surface area (Å²) in [5, 5.41) is 6.67. The molecule has 0 N–H and O–H groups in total. The van der Waals surface area contributed by atoms with Crippen molar-refractivity contribution in [3.05, 3.63) is 89.8 Å². The summed E-state index contributed by atoms with van der Waals surface area (Å²) >= 11 is 0. The van der Waals surface area contributed by atoms with Gasteiger partial charge in [-0.15, -0.1) is 56.9 Å². The van der Waals surface area contributed by atoms with E-state index in [2.05, 4.69) is 135 Å². The molecule has 4 rings (SSSR count). The second-order valence-electron chi connectivity index (χ2n) is 13.1. The summed E-state index contributed by atoms with van der Waals surface area (Å²) < 4.78 is 0. The van der Waals surface area contributed by atoms with Crippen LogP contribution in [0.2, 0.25) is 44.4 Å². The Morgan fingerprint density at radius 1 is 0.605 bits per heavy atom. The molecule has 0 spiro atoms. The van der Waals surface area contributed by atoms with Gasteiger partial charge in [0.1, 0.15) is 0 Å². The van der Waals surface area contributed by atoms with Crippen molar-refractivity contribution in [3.8, 4) is 0 Å². The number of unbranched alkanes of at least 4 members (excludes halogenated alkanes) is 3. The molecule has 0 fully saturated rings. The van der Waals surface area contributed by atoms with E-state index in [1.54, 1.807) is 0 Å². The van der Waals surface area contributed by atoms with Gasteiger partial charge < -0.3 is 6.92 Å². The molecular weight excluding hydrogens is 522 g/mol. The Bertz CT molecular complexity index is 1070. The van der Waals surface area contributed by atoms with Crippen molar-refractivity contribution < 1.29 is 25.8 Å². The SMILES string of the molecule is Cc1ccc(C)c2[cH-]ccc12.Cc1ccc(C)c2[cH-]ccc12.[CH2-]CCCCCC([Si](C)(C)C)[Si](C)(C)C.[Sc+3]. The first-order chi connectivity index (χ1) is 17.3. The summed E-state index contributed by atoms with van der Waals surface area (Å²) in [6, 6.07) is 21.7. The molecule has 0 aromatic heterocycles. The van der Waals surface area contributed by atoms with E-state index in [1.807, 2.05) is 0 Å². The van der Waals surface area contributed by atoms with E-state index in [0.717, 1.165) is 11.6 Å². The Morgan fingerprint density at radius 3 is 1.34 bits per heavy atom. The number of benzene rings is 2. The van der Waals surface area contributed by atoms with Crippen molar-refractivity contribution in [1.82, 2.24) is 0 Å². The van der Waals surface area contributed by atoms with Gasteiger partial charge in [0.05, 0.1) is 0 Å². The normalized spacial score (nSPS) is 11.6. The molecule has 204 valence electrons. The van der Waals surface area contributed by atoms with Gasteiger partial charge in [0.15, 0.2) is 0 Å². The topological polar surface area (TPSA) is 0 Å². The van der Waals surface area contributed by atoms with Crippen molar-refractivity contribution in [2.24, 2.45) is 0 Å². The maximum absolute atomic E-state index is 3.92. The first-order valence-electron chi connectivity index (χ1n) is 14.3. The summed E-state index contributed by atoms with van der Waals surface area (Å²) in [6.07, 6.45) is 6.77. The zero-order chi connectivity index (χ0) is 27.8. The Labute approximate surface area is 256 Å². The second-order valence-corrected chi connectivity index (χ2v) is 24.5. The van der Waals surface area contributed by atoms with E-state index < -0.39 is 16.1 Å². The molecule has 3 heteroatoms. The fourth-order valence-electron chi connectivity index (χ4n) is 5.94. The number of aryl methyl sites for hydroxylation is 4. The fraction of sp³-hybridized carbons (Fsp3) is 0.457. The van der Waals surface area contributed by atoms with E-state index in [4.69, 9.17) is 0 Å². The predicted molar refractivity (Wildman–Crippen MR) is 177 cm³/mol. The third-order valence-corrected chi connectivity index (χ3v) is 17.8. The number of rotatable bonds is 7.